The second kappa shape index (κ2) is 9.05. The minimum atomic E-state index is -4.98. The molecule has 0 fully saturated rings. The summed E-state index contributed by atoms with van der Waals surface area (Å²) in [5.74, 6) is -1.59. The fraction of sp³-hybridized carbons (Fsp3) is 0.588. The second-order valence-corrected chi connectivity index (χ2v) is 7.58. The lowest BCUT2D eigenvalue weighted by molar-refractivity contribution is -0.392. The predicted molar refractivity (Wildman–Crippen MR) is 97.7 cm³/mol. The van der Waals surface area contributed by atoms with Crippen LogP contribution in [0, 0.1) is 31.6 Å². The number of anilines is 1. The molecule has 0 bridgehead atoms. The molecule has 1 rings (SSSR count). The number of carbonyl (C=O) groups is 1. The summed E-state index contributed by atoms with van der Waals surface area (Å²) in [4.78, 5) is 31.4. The van der Waals surface area contributed by atoms with Crippen LogP contribution < -0.4 is 5.32 Å². The van der Waals surface area contributed by atoms with Gasteiger partial charge in [0, 0.05) is 18.7 Å². The topological polar surface area (TPSA) is 136 Å². The molecule has 12 heteroatoms. The van der Waals surface area contributed by atoms with E-state index in [1.165, 1.54) is 0 Å². The normalized spacial score (nSPS) is 13.0. The molecule has 1 aromatic carbocycles. The number of carboxylic acids is 1. The second-order valence-electron chi connectivity index (χ2n) is 7.58. The molecule has 0 spiro atoms. The van der Waals surface area contributed by atoms with E-state index in [2.05, 4.69) is 5.32 Å². The van der Waals surface area contributed by atoms with Crippen molar-refractivity contribution in [2.24, 2.45) is 11.3 Å². The first-order valence-corrected chi connectivity index (χ1v) is 8.67. The Balaban J connectivity index is 2.97. The molecule has 9 nitrogen and oxygen atoms in total. The molecule has 0 aliphatic carbocycles. The average Bonchev–Trinajstić information content (AvgIpc) is 2.54. The van der Waals surface area contributed by atoms with Crippen molar-refractivity contribution < 1.29 is 32.9 Å². The number of aliphatic carboxylic acids is 1. The largest absolute Gasteiger partial charge is 0.481 e. The van der Waals surface area contributed by atoms with Crippen molar-refractivity contribution in [3.05, 3.63) is 37.9 Å². The Kier molecular flexibility index (Phi) is 7.53. The first-order valence-electron chi connectivity index (χ1n) is 8.67. The van der Waals surface area contributed by atoms with Crippen LogP contribution in [-0.4, -0.2) is 27.5 Å². The lowest BCUT2D eigenvalue weighted by atomic mass is 9.78. The molecule has 0 aliphatic heterocycles. The number of halogens is 3. The third-order valence-corrected chi connectivity index (χ3v) is 4.38. The molecule has 29 heavy (non-hydrogen) atoms. The van der Waals surface area contributed by atoms with Gasteiger partial charge in [-0.3, -0.25) is 25.0 Å². The van der Waals surface area contributed by atoms with Gasteiger partial charge in [-0.15, -0.1) is 0 Å². The minimum Gasteiger partial charge on any atom is -0.481 e. The van der Waals surface area contributed by atoms with E-state index < -0.39 is 56.0 Å². The Morgan fingerprint density at radius 1 is 1.10 bits per heavy atom. The number of alkyl halides is 3. The number of nitro benzene ring substituents is 2. The van der Waals surface area contributed by atoms with Gasteiger partial charge < -0.3 is 10.4 Å². The van der Waals surface area contributed by atoms with Gasteiger partial charge in [0.1, 0.15) is 0 Å². The number of nitro groups is 2. The van der Waals surface area contributed by atoms with Gasteiger partial charge >= 0.3 is 12.1 Å². The Morgan fingerprint density at radius 3 is 1.93 bits per heavy atom. The van der Waals surface area contributed by atoms with Gasteiger partial charge in [-0.2, -0.15) is 13.2 Å². The van der Waals surface area contributed by atoms with Crippen LogP contribution >= 0.6 is 0 Å². The van der Waals surface area contributed by atoms with Crippen LogP contribution in [0.1, 0.15) is 45.6 Å². The van der Waals surface area contributed by atoms with Crippen molar-refractivity contribution >= 4 is 23.0 Å². The van der Waals surface area contributed by atoms with Crippen LogP contribution in [0.25, 0.3) is 0 Å². The van der Waals surface area contributed by atoms with E-state index in [0.717, 1.165) is 0 Å². The summed E-state index contributed by atoms with van der Waals surface area (Å²) in [7, 11) is 0. The smallest absolute Gasteiger partial charge is 0.416 e. The summed E-state index contributed by atoms with van der Waals surface area (Å²) in [5, 5.41) is 34.0. The molecule has 1 unspecified atom stereocenters. The first-order chi connectivity index (χ1) is 13.2. The number of benzene rings is 1. The molecule has 0 radical (unpaired) electrons. The van der Waals surface area contributed by atoms with Crippen molar-refractivity contribution in [3.63, 3.8) is 0 Å². The number of unbranched alkanes of at least 4 members (excludes halogenated alkanes) is 1. The van der Waals surface area contributed by atoms with E-state index in [1.54, 1.807) is 20.8 Å². The maximum absolute atomic E-state index is 12.9. The zero-order valence-corrected chi connectivity index (χ0v) is 16.1. The Labute approximate surface area is 164 Å². The summed E-state index contributed by atoms with van der Waals surface area (Å²) in [5.41, 5.74) is -4.69. The maximum atomic E-state index is 12.9. The summed E-state index contributed by atoms with van der Waals surface area (Å²) < 4.78 is 38.6. The molecular formula is C17H22F3N3O6. The van der Waals surface area contributed by atoms with E-state index in [0.29, 0.717) is 19.3 Å². The number of nitrogens with one attached hydrogen (secondary N) is 1. The zero-order chi connectivity index (χ0) is 22.6. The molecule has 0 amide bonds. The van der Waals surface area contributed by atoms with Gasteiger partial charge in [0.15, 0.2) is 5.69 Å². The molecule has 0 heterocycles. The fourth-order valence-electron chi connectivity index (χ4n) is 2.86. The fourth-order valence-corrected chi connectivity index (χ4v) is 2.86. The Hall–Kier alpha value is -2.92. The number of carboxylic acid groups (broad SMARTS) is 1. The van der Waals surface area contributed by atoms with E-state index in [-0.39, 0.29) is 18.7 Å². The van der Waals surface area contributed by atoms with Crippen molar-refractivity contribution in [2.45, 2.75) is 46.2 Å². The highest BCUT2D eigenvalue weighted by molar-refractivity contribution is 5.75. The van der Waals surface area contributed by atoms with Gasteiger partial charge in [-0.25, -0.2) is 0 Å². The molecule has 1 atom stereocenters. The Bertz CT molecular complexity index is 755. The predicted octanol–water partition coefficient (Wildman–Crippen LogP) is 4.85. The molecule has 2 N–H and O–H groups in total. The van der Waals surface area contributed by atoms with Crippen LogP contribution in [-0.2, 0) is 11.0 Å². The number of hydrogen-bond donors (Lipinski definition) is 2. The SMILES string of the molecule is CC(C)(C)C(CCCCNc1c([N+](=O)[O-])cc(C(F)(F)F)cc1[N+](=O)[O-])C(=O)O. The van der Waals surface area contributed by atoms with Crippen molar-refractivity contribution in [1.82, 2.24) is 0 Å². The molecule has 0 saturated heterocycles. The monoisotopic (exact) mass is 421 g/mol. The molecule has 0 aromatic heterocycles. The van der Waals surface area contributed by atoms with E-state index in [9.17, 15) is 43.3 Å². The average molecular weight is 421 g/mol. The first kappa shape index (κ1) is 24.1. The van der Waals surface area contributed by atoms with Gasteiger partial charge in [0.2, 0.25) is 0 Å². The van der Waals surface area contributed by atoms with Gasteiger partial charge in [0.05, 0.1) is 21.3 Å². The summed E-state index contributed by atoms with van der Waals surface area (Å²) in [6, 6.07) is 0.491. The van der Waals surface area contributed by atoms with Gasteiger partial charge in [-0.1, -0.05) is 27.2 Å². The number of nitrogens with zero attached hydrogens (tertiary/aromatic N) is 2. The zero-order valence-electron chi connectivity index (χ0n) is 16.1. The molecule has 1 aromatic rings. The number of rotatable bonds is 9. The highest BCUT2D eigenvalue weighted by Gasteiger charge is 2.37. The minimum absolute atomic E-state index is 0.0104. The van der Waals surface area contributed by atoms with E-state index in [1.807, 2.05) is 0 Å². The van der Waals surface area contributed by atoms with Crippen molar-refractivity contribution in [3.8, 4) is 0 Å². The molecule has 0 saturated carbocycles. The third kappa shape index (κ3) is 6.57. The van der Waals surface area contributed by atoms with Crippen LogP contribution in [0.3, 0.4) is 0 Å². The van der Waals surface area contributed by atoms with Crippen LogP contribution in [0.5, 0.6) is 0 Å². The molecular weight excluding hydrogens is 399 g/mol. The summed E-state index contributed by atoms with van der Waals surface area (Å²) in [6.45, 7) is 5.32. The van der Waals surface area contributed by atoms with Crippen LogP contribution in [0.15, 0.2) is 12.1 Å². The third-order valence-electron chi connectivity index (χ3n) is 4.38. The van der Waals surface area contributed by atoms with Crippen molar-refractivity contribution in [2.75, 3.05) is 11.9 Å². The molecule has 0 aliphatic rings. The Morgan fingerprint density at radius 2 is 1.59 bits per heavy atom. The van der Waals surface area contributed by atoms with E-state index in [4.69, 9.17) is 0 Å². The summed E-state index contributed by atoms with van der Waals surface area (Å²) >= 11 is 0. The highest BCUT2D eigenvalue weighted by atomic mass is 19.4. The standard InChI is InChI=1S/C17H22F3N3O6/c1-16(2,3)11(15(24)25)6-4-5-7-21-14-12(22(26)27)8-10(17(18,19)20)9-13(14)23(28)29/h8-9,11,21H,4-7H2,1-3H3,(H,24,25). The van der Waals surface area contributed by atoms with Crippen LogP contribution in [0.2, 0.25) is 0 Å². The van der Waals surface area contributed by atoms with Crippen LogP contribution in [0.4, 0.5) is 30.2 Å². The van der Waals surface area contributed by atoms with Crippen molar-refractivity contribution in [1.29, 1.82) is 0 Å². The lowest BCUT2D eigenvalue weighted by Crippen LogP contribution is -2.28. The highest BCUT2D eigenvalue weighted by Crippen LogP contribution is 2.41. The van der Waals surface area contributed by atoms with Gasteiger partial charge in [-0.05, 0) is 18.3 Å². The van der Waals surface area contributed by atoms with Gasteiger partial charge in [0.25, 0.3) is 11.4 Å². The maximum Gasteiger partial charge on any atom is 0.416 e. The molecule has 162 valence electrons. The summed E-state index contributed by atoms with van der Waals surface area (Å²) in [6.07, 6.45) is -3.94. The lowest BCUT2D eigenvalue weighted by Gasteiger charge is -2.27. The van der Waals surface area contributed by atoms with E-state index >= 15 is 0 Å². The number of hydrogen-bond acceptors (Lipinski definition) is 6. The quantitative estimate of drug-likeness (QED) is 0.330.